The largest absolute Gasteiger partial charge is 0.501 e. The molecule has 0 bridgehead atoms. The smallest absolute Gasteiger partial charge is 0.411 e. The van der Waals surface area contributed by atoms with Crippen molar-refractivity contribution in [1.82, 2.24) is 9.97 Å². The van der Waals surface area contributed by atoms with Gasteiger partial charge in [-0.1, -0.05) is 0 Å². The van der Waals surface area contributed by atoms with Gasteiger partial charge in [0.1, 0.15) is 0 Å². The van der Waals surface area contributed by atoms with Crippen LogP contribution in [0.5, 0.6) is 5.75 Å². The van der Waals surface area contributed by atoms with E-state index in [9.17, 15) is 19.5 Å². The van der Waals surface area contributed by atoms with Gasteiger partial charge in [0, 0.05) is 11.3 Å². The molecule has 0 aliphatic carbocycles. The van der Waals surface area contributed by atoms with E-state index in [1.165, 1.54) is 0 Å². The summed E-state index contributed by atoms with van der Waals surface area (Å²) in [4.78, 5) is 42.5. The van der Waals surface area contributed by atoms with E-state index in [2.05, 4.69) is 15.3 Å². The number of hydrogen-bond donors (Lipinski definition) is 4. The summed E-state index contributed by atoms with van der Waals surface area (Å²) in [6.07, 6.45) is -0.0872. The van der Waals surface area contributed by atoms with Crippen molar-refractivity contribution >= 4 is 40.4 Å². The van der Waals surface area contributed by atoms with Crippen molar-refractivity contribution in [3.63, 3.8) is 0 Å². The number of anilines is 1. The molecular formula is C17H15N3O6S2. The quantitative estimate of drug-likeness (QED) is 0.479. The van der Waals surface area contributed by atoms with Crippen LogP contribution in [0.25, 0.3) is 10.7 Å². The number of carbonyl (C=O) groups excluding carboxylic acids is 1. The van der Waals surface area contributed by atoms with Crippen LogP contribution in [-0.4, -0.2) is 38.9 Å². The molecule has 0 aromatic carbocycles. The second-order valence-electron chi connectivity index (χ2n) is 5.62. The molecule has 3 aromatic rings. The van der Waals surface area contributed by atoms with E-state index < -0.39 is 29.1 Å². The topological polar surface area (TPSA) is 142 Å². The Morgan fingerprint density at radius 3 is 2.71 bits per heavy atom. The number of H-pyrrole nitrogens is 1. The molecule has 0 unspecified atom stereocenters. The monoisotopic (exact) mass is 421 g/mol. The number of rotatable bonds is 6. The number of ether oxygens (including phenoxy) is 1. The summed E-state index contributed by atoms with van der Waals surface area (Å²) in [5.41, 5.74) is -0.319. The average Bonchev–Trinajstić information content (AvgIpc) is 3.26. The average molecular weight is 421 g/mol. The van der Waals surface area contributed by atoms with Crippen LogP contribution in [0.4, 0.5) is 10.5 Å². The molecule has 1 amide bonds. The van der Waals surface area contributed by atoms with Crippen LogP contribution in [0, 0.1) is 6.92 Å². The van der Waals surface area contributed by atoms with Crippen molar-refractivity contribution in [2.24, 2.45) is 0 Å². The first-order valence-corrected chi connectivity index (χ1v) is 9.74. The zero-order valence-electron chi connectivity index (χ0n) is 14.5. The molecule has 3 aromatic heterocycles. The Hall–Kier alpha value is -3.18. The minimum atomic E-state index is -1.54. The van der Waals surface area contributed by atoms with Gasteiger partial charge in [-0.2, -0.15) is 0 Å². The molecule has 11 heteroatoms. The van der Waals surface area contributed by atoms with Crippen LogP contribution in [0.2, 0.25) is 0 Å². The van der Waals surface area contributed by atoms with Gasteiger partial charge in [-0.25, -0.2) is 14.6 Å². The second-order valence-corrected chi connectivity index (χ2v) is 7.53. The Morgan fingerprint density at radius 1 is 1.29 bits per heavy atom. The number of aromatic amines is 1. The minimum absolute atomic E-state index is 0.0836. The number of aryl methyl sites for hydroxylation is 1. The molecule has 0 aliphatic rings. The number of aromatic carboxylic acids is 1. The summed E-state index contributed by atoms with van der Waals surface area (Å²) < 4.78 is 5.17. The molecule has 146 valence electrons. The standard InChI is InChI=1S/C17H15N3O6S2/c1-8-3-6-27-10(8)2-5-26-17(25)18-9-4-7-28-13(9)14-19-11(16(23)24)12(21)15(22)20-14/h3-4,6-7,21H,2,5H2,1H3,(H,18,25)(H,23,24)(H,19,20,22). The molecular weight excluding hydrogens is 406 g/mol. The maximum absolute atomic E-state index is 12.1. The van der Waals surface area contributed by atoms with Crippen LogP contribution in [0.3, 0.4) is 0 Å². The number of nitrogens with one attached hydrogen (secondary N) is 2. The summed E-state index contributed by atoms with van der Waals surface area (Å²) in [7, 11) is 0. The molecule has 3 heterocycles. The van der Waals surface area contributed by atoms with Gasteiger partial charge in [-0.3, -0.25) is 10.1 Å². The van der Waals surface area contributed by atoms with Crippen molar-refractivity contribution in [1.29, 1.82) is 0 Å². The number of amides is 1. The first kappa shape index (κ1) is 19.6. The number of carboxylic acids is 1. The van der Waals surface area contributed by atoms with Crippen molar-refractivity contribution in [2.75, 3.05) is 11.9 Å². The Morgan fingerprint density at radius 2 is 2.04 bits per heavy atom. The van der Waals surface area contributed by atoms with Gasteiger partial charge in [0.25, 0.3) is 5.56 Å². The number of nitrogens with zero attached hydrogens (tertiary/aromatic N) is 1. The summed E-state index contributed by atoms with van der Waals surface area (Å²) >= 11 is 2.72. The van der Waals surface area contributed by atoms with E-state index in [0.717, 1.165) is 21.8 Å². The molecule has 0 spiro atoms. The Bertz CT molecular complexity index is 1080. The zero-order chi connectivity index (χ0) is 20.3. The van der Waals surface area contributed by atoms with Crippen molar-refractivity contribution in [3.05, 3.63) is 49.4 Å². The third-order valence-electron chi connectivity index (χ3n) is 3.74. The van der Waals surface area contributed by atoms with E-state index in [-0.39, 0.29) is 12.4 Å². The van der Waals surface area contributed by atoms with E-state index in [0.29, 0.717) is 17.0 Å². The Kier molecular flexibility index (Phi) is 5.76. The Labute approximate surface area is 166 Å². The van der Waals surface area contributed by atoms with E-state index >= 15 is 0 Å². The van der Waals surface area contributed by atoms with Gasteiger partial charge in [0.05, 0.1) is 17.2 Å². The highest BCUT2D eigenvalue weighted by atomic mass is 32.1. The maximum atomic E-state index is 12.1. The lowest BCUT2D eigenvalue weighted by Gasteiger charge is -2.08. The highest BCUT2D eigenvalue weighted by Gasteiger charge is 2.20. The molecule has 3 rings (SSSR count). The van der Waals surface area contributed by atoms with Gasteiger partial charge in [0.15, 0.2) is 11.5 Å². The lowest BCUT2D eigenvalue weighted by atomic mass is 10.2. The summed E-state index contributed by atoms with van der Waals surface area (Å²) in [6, 6.07) is 3.56. The zero-order valence-corrected chi connectivity index (χ0v) is 16.1. The van der Waals surface area contributed by atoms with E-state index in [1.807, 2.05) is 18.4 Å². The highest BCUT2D eigenvalue weighted by Crippen LogP contribution is 2.31. The molecule has 0 radical (unpaired) electrons. The Balaban J connectivity index is 1.72. The number of aromatic nitrogens is 2. The van der Waals surface area contributed by atoms with Crippen LogP contribution in [0.1, 0.15) is 20.9 Å². The normalized spacial score (nSPS) is 10.6. The highest BCUT2D eigenvalue weighted by molar-refractivity contribution is 7.14. The van der Waals surface area contributed by atoms with Crippen molar-refractivity contribution in [2.45, 2.75) is 13.3 Å². The lowest BCUT2D eigenvalue weighted by Crippen LogP contribution is -2.17. The molecule has 0 aliphatic heterocycles. The van der Waals surface area contributed by atoms with Gasteiger partial charge in [0.2, 0.25) is 5.75 Å². The minimum Gasteiger partial charge on any atom is -0.501 e. The van der Waals surface area contributed by atoms with Gasteiger partial charge in [-0.05, 0) is 35.4 Å². The van der Waals surface area contributed by atoms with Crippen LogP contribution >= 0.6 is 22.7 Å². The van der Waals surface area contributed by atoms with E-state index in [4.69, 9.17) is 9.84 Å². The number of aromatic hydroxyl groups is 1. The fourth-order valence-corrected chi connectivity index (χ4v) is 4.04. The third-order valence-corrected chi connectivity index (χ3v) is 5.75. The number of hydrogen-bond acceptors (Lipinski definition) is 8. The second kappa shape index (κ2) is 8.23. The predicted octanol–water partition coefficient (Wildman–Crippen LogP) is 3.06. The van der Waals surface area contributed by atoms with Crippen molar-refractivity contribution in [3.8, 4) is 16.5 Å². The molecule has 0 fully saturated rings. The summed E-state index contributed by atoms with van der Waals surface area (Å²) in [6.45, 7) is 2.18. The molecule has 9 nitrogen and oxygen atoms in total. The first-order chi connectivity index (χ1) is 13.4. The molecule has 4 N–H and O–H groups in total. The van der Waals surface area contributed by atoms with Crippen LogP contribution in [0.15, 0.2) is 27.7 Å². The number of thiophene rings is 2. The predicted molar refractivity (Wildman–Crippen MR) is 105 cm³/mol. The SMILES string of the molecule is Cc1ccsc1CCOC(=O)Nc1ccsc1-c1nc(C(=O)O)c(O)c(=O)[nH]1. The third kappa shape index (κ3) is 4.21. The van der Waals surface area contributed by atoms with Gasteiger partial charge < -0.3 is 19.9 Å². The fraction of sp³-hybridized carbons (Fsp3) is 0.176. The maximum Gasteiger partial charge on any atom is 0.411 e. The van der Waals surface area contributed by atoms with Crippen molar-refractivity contribution < 1.29 is 24.5 Å². The molecule has 0 atom stereocenters. The number of carboxylic acid groups (broad SMARTS) is 1. The van der Waals surface area contributed by atoms with Gasteiger partial charge in [-0.15, -0.1) is 22.7 Å². The van der Waals surface area contributed by atoms with Crippen LogP contribution in [-0.2, 0) is 11.2 Å². The fourth-order valence-electron chi connectivity index (χ4n) is 2.36. The summed E-state index contributed by atoms with van der Waals surface area (Å²) in [5.74, 6) is -2.61. The van der Waals surface area contributed by atoms with Gasteiger partial charge >= 0.3 is 12.1 Å². The number of carbonyl (C=O) groups is 2. The molecule has 0 saturated carbocycles. The molecule has 0 saturated heterocycles. The molecule has 28 heavy (non-hydrogen) atoms. The first-order valence-electron chi connectivity index (χ1n) is 7.98. The van der Waals surface area contributed by atoms with E-state index in [1.54, 1.807) is 22.8 Å². The van der Waals surface area contributed by atoms with Crippen LogP contribution < -0.4 is 10.9 Å². The summed E-state index contributed by atoms with van der Waals surface area (Å²) in [5, 5.41) is 24.7. The lowest BCUT2D eigenvalue weighted by molar-refractivity contribution is 0.0686.